The van der Waals surface area contributed by atoms with Gasteiger partial charge >= 0.3 is 0 Å². The Labute approximate surface area is 137 Å². The molecular formula is C16H27N5O2. The Morgan fingerprint density at radius 2 is 2.22 bits per heavy atom. The molecule has 2 fully saturated rings. The lowest BCUT2D eigenvalue weighted by atomic mass is 10.0. The van der Waals surface area contributed by atoms with Crippen LogP contribution in [0.5, 0.6) is 0 Å². The van der Waals surface area contributed by atoms with E-state index in [0.29, 0.717) is 12.3 Å². The molecule has 0 aromatic carbocycles. The Kier molecular flexibility index (Phi) is 5.27. The van der Waals surface area contributed by atoms with E-state index in [4.69, 9.17) is 4.52 Å². The van der Waals surface area contributed by atoms with Crippen molar-refractivity contribution in [3.63, 3.8) is 0 Å². The molecule has 1 amide bonds. The van der Waals surface area contributed by atoms with Gasteiger partial charge in [-0.2, -0.15) is 4.98 Å². The number of piperidine rings is 1. The van der Waals surface area contributed by atoms with Crippen molar-refractivity contribution in [2.45, 2.75) is 51.1 Å². The predicted molar refractivity (Wildman–Crippen MR) is 85.8 cm³/mol. The fraction of sp³-hybridized carbons (Fsp3) is 0.812. The molecule has 1 aromatic rings. The Hall–Kier alpha value is -1.47. The Morgan fingerprint density at radius 1 is 1.35 bits per heavy atom. The van der Waals surface area contributed by atoms with Crippen LogP contribution in [0.1, 0.15) is 62.8 Å². The smallest absolute Gasteiger partial charge is 0.249 e. The van der Waals surface area contributed by atoms with E-state index in [0.717, 1.165) is 57.7 Å². The van der Waals surface area contributed by atoms with E-state index in [9.17, 15) is 4.79 Å². The molecule has 3 heterocycles. The van der Waals surface area contributed by atoms with Crippen LogP contribution in [-0.4, -0.2) is 59.1 Å². The molecule has 128 valence electrons. The third-order valence-corrected chi connectivity index (χ3v) is 4.84. The summed E-state index contributed by atoms with van der Waals surface area (Å²) in [4.78, 5) is 21.2. The molecule has 3 rings (SSSR count). The van der Waals surface area contributed by atoms with Gasteiger partial charge in [0.15, 0.2) is 5.82 Å². The molecule has 7 heteroatoms. The van der Waals surface area contributed by atoms with E-state index in [2.05, 4.69) is 27.4 Å². The molecule has 0 bridgehead atoms. The van der Waals surface area contributed by atoms with Crippen LogP contribution >= 0.6 is 0 Å². The number of carbonyl (C=O) groups excluding carboxylic acids is 1. The maximum atomic E-state index is 12.4. The van der Waals surface area contributed by atoms with Crippen molar-refractivity contribution in [3.8, 4) is 0 Å². The topological polar surface area (TPSA) is 74.5 Å². The molecule has 1 N–H and O–H groups in total. The maximum Gasteiger partial charge on any atom is 0.249 e. The summed E-state index contributed by atoms with van der Waals surface area (Å²) in [6.45, 7) is 5.62. The summed E-state index contributed by atoms with van der Waals surface area (Å²) in [5.41, 5.74) is 0. The van der Waals surface area contributed by atoms with Gasteiger partial charge in [0.1, 0.15) is 6.04 Å². The largest absolute Gasteiger partial charge is 0.337 e. The standard InChI is InChI=1S/C16H27N5O2/c1-3-6-14(22)21-9-5-4-7-12(21)16-18-15(19-23-16)13-11-17-8-10-20(13)2/h12-13,17H,3-11H2,1-2H3. The van der Waals surface area contributed by atoms with Crippen molar-refractivity contribution in [2.75, 3.05) is 33.2 Å². The Morgan fingerprint density at radius 3 is 3.00 bits per heavy atom. The quantitative estimate of drug-likeness (QED) is 0.906. The van der Waals surface area contributed by atoms with Crippen molar-refractivity contribution < 1.29 is 9.32 Å². The number of amides is 1. The maximum absolute atomic E-state index is 12.4. The lowest BCUT2D eigenvalue weighted by molar-refractivity contribution is -0.135. The third-order valence-electron chi connectivity index (χ3n) is 4.84. The highest BCUT2D eigenvalue weighted by Crippen LogP contribution is 2.31. The number of hydrogen-bond acceptors (Lipinski definition) is 6. The summed E-state index contributed by atoms with van der Waals surface area (Å²) in [6, 6.07) is 0.0931. The summed E-state index contributed by atoms with van der Waals surface area (Å²) in [6.07, 6.45) is 4.53. The number of piperazine rings is 1. The molecule has 2 aliphatic heterocycles. The fourth-order valence-corrected chi connectivity index (χ4v) is 3.46. The van der Waals surface area contributed by atoms with E-state index in [-0.39, 0.29) is 18.0 Å². The minimum absolute atomic E-state index is 0.0501. The van der Waals surface area contributed by atoms with E-state index < -0.39 is 0 Å². The van der Waals surface area contributed by atoms with Gasteiger partial charge in [-0.3, -0.25) is 9.69 Å². The second-order valence-electron chi connectivity index (χ2n) is 6.54. The molecule has 1 aromatic heterocycles. The van der Waals surface area contributed by atoms with Gasteiger partial charge in [-0.05, 0) is 32.7 Å². The molecule has 7 nitrogen and oxygen atoms in total. The van der Waals surface area contributed by atoms with Crippen LogP contribution in [0, 0.1) is 0 Å². The molecule has 2 unspecified atom stereocenters. The monoisotopic (exact) mass is 321 g/mol. The zero-order valence-corrected chi connectivity index (χ0v) is 14.1. The third kappa shape index (κ3) is 3.55. The highest BCUT2D eigenvalue weighted by atomic mass is 16.5. The van der Waals surface area contributed by atoms with Gasteiger partial charge in [0.25, 0.3) is 0 Å². The number of hydrogen-bond donors (Lipinski definition) is 1. The van der Waals surface area contributed by atoms with Crippen molar-refractivity contribution >= 4 is 5.91 Å². The molecule has 2 aliphatic rings. The van der Waals surface area contributed by atoms with E-state index in [1.54, 1.807) is 0 Å². The van der Waals surface area contributed by atoms with Crippen molar-refractivity contribution in [2.24, 2.45) is 0 Å². The lowest BCUT2D eigenvalue weighted by Gasteiger charge is -2.33. The van der Waals surface area contributed by atoms with Crippen LogP contribution in [0.3, 0.4) is 0 Å². The summed E-state index contributed by atoms with van der Waals surface area (Å²) in [7, 11) is 2.08. The average Bonchev–Trinajstić information content (AvgIpc) is 3.05. The van der Waals surface area contributed by atoms with E-state index in [1.165, 1.54) is 0 Å². The summed E-state index contributed by atoms with van der Waals surface area (Å²) in [5.74, 6) is 1.53. The first kappa shape index (κ1) is 16.4. The first-order chi connectivity index (χ1) is 11.2. The van der Waals surface area contributed by atoms with Crippen LogP contribution in [0.15, 0.2) is 4.52 Å². The molecule has 2 saturated heterocycles. The van der Waals surface area contributed by atoms with Gasteiger partial charge < -0.3 is 14.7 Å². The number of likely N-dealkylation sites (N-methyl/N-ethyl adjacent to an activating group) is 1. The molecule has 2 atom stereocenters. The second-order valence-corrected chi connectivity index (χ2v) is 6.54. The first-order valence-corrected chi connectivity index (χ1v) is 8.74. The first-order valence-electron chi connectivity index (χ1n) is 8.74. The molecule has 23 heavy (non-hydrogen) atoms. The summed E-state index contributed by atoms with van der Waals surface area (Å²) < 4.78 is 5.55. The van der Waals surface area contributed by atoms with Crippen molar-refractivity contribution in [1.29, 1.82) is 0 Å². The van der Waals surface area contributed by atoms with Crippen LogP contribution in [0.2, 0.25) is 0 Å². The van der Waals surface area contributed by atoms with Crippen molar-refractivity contribution in [3.05, 3.63) is 11.7 Å². The highest BCUT2D eigenvalue weighted by molar-refractivity contribution is 5.76. The molecular weight excluding hydrogens is 294 g/mol. The van der Waals surface area contributed by atoms with Crippen LogP contribution < -0.4 is 5.32 Å². The number of nitrogens with zero attached hydrogens (tertiary/aromatic N) is 4. The van der Waals surface area contributed by atoms with Crippen LogP contribution in [0.25, 0.3) is 0 Å². The number of likely N-dealkylation sites (tertiary alicyclic amines) is 1. The van der Waals surface area contributed by atoms with Gasteiger partial charge in [0.05, 0.1) is 6.04 Å². The molecule has 0 aliphatic carbocycles. The van der Waals surface area contributed by atoms with E-state index >= 15 is 0 Å². The number of nitrogens with one attached hydrogen (secondary N) is 1. The summed E-state index contributed by atoms with van der Waals surface area (Å²) in [5, 5.41) is 7.57. The van der Waals surface area contributed by atoms with Gasteiger partial charge in [0.2, 0.25) is 11.8 Å². The van der Waals surface area contributed by atoms with Gasteiger partial charge in [-0.1, -0.05) is 12.1 Å². The van der Waals surface area contributed by atoms with Gasteiger partial charge in [-0.25, -0.2) is 0 Å². The minimum Gasteiger partial charge on any atom is -0.337 e. The van der Waals surface area contributed by atoms with Crippen LogP contribution in [0.4, 0.5) is 0 Å². The molecule has 0 radical (unpaired) electrons. The number of aromatic nitrogens is 2. The predicted octanol–water partition coefficient (Wildman–Crippen LogP) is 1.50. The Bertz CT molecular complexity index is 532. The highest BCUT2D eigenvalue weighted by Gasteiger charge is 2.33. The zero-order chi connectivity index (χ0) is 16.2. The second kappa shape index (κ2) is 7.40. The number of carbonyl (C=O) groups is 1. The molecule has 0 saturated carbocycles. The van der Waals surface area contributed by atoms with E-state index in [1.807, 2.05) is 11.8 Å². The fourth-order valence-electron chi connectivity index (χ4n) is 3.46. The average molecular weight is 321 g/mol. The van der Waals surface area contributed by atoms with Gasteiger partial charge in [0, 0.05) is 32.6 Å². The number of rotatable bonds is 4. The lowest BCUT2D eigenvalue weighted by Crippen LogP contribution is -2.44. The zero-order valence-electron chi connectivity index (χ0n) is 14.1. The van der Waals surface area contributed by atoms with Crippen LogP contribution in [-0.2, 0) is 4.79 Å². The SMILES string of the molecule is CCCC(=O)N1CCCCC1c1nc(C2CNCCN2C)no1. The van der Waals surface area contributed by atoms with Gasteiger partial charge in [-0.15, -0.1) is 0 Å². The normalized spacial score (nSPS) is 26.4. The summed E-state index contributed by atoms with van der Waals surface area (Å²) >= 11 is 0. The van der Waals surface area contributed by atoms with Crippen molar-refractivity contribution in [1.82, 2.24) is 25.3 Å². The minimum atomic E-state index is -0.0501. The molecule has 0 spiro atoms. The Balaban J connectivity index is 1.76.